The zero-order valence-electron chi connectivity index (χ0n) is 17.1. The van der Waals surface area contributed by atoms with Crippen LogP contribution in [0.15, 0.2) is 59.0 Å². The van der Waals surface area contributed by atoms with E-state index in [0.29, 0.717) is 50.0 Å². The molecule has 1 amide bonds. The summed E-state index contributed by atoms with van der Waals surface area (Å²) in [6, 6.07) is 15.4. The van der Waals surface area contributed by atoms with Gasteiger partial charge in [-0.2, -0.15) is 0 Å². The molecule has 164 valence electrons. The number of benzene rings is 3. The van der Waals surface area contributed by atoms with E-state index in [1.54, 1.807) is 62.8 Å². The summed E-state index contributed by atoms with van der Waals surface area (Å²) in [6.45, 7) is -0.213. The van der Waals surface area contributed by atoms with E-state index >= 15 is 0 Å². The van der Waals surface area contributed by atoms with Crippen molar-refractivity contribution in [3.05, 3.63) is 64.6 Å². The number of aromatic nitrogens is 1. The predicted octanol–water partition coefficient (Wildman–Crippen LogP) is 5.84. The van der Waals surface area contributed by atoms with Crippen molar-refractivity contribution in [2.24, 2.45) is 0 Å². The van der Waals surface area contributed by atoms with Crippen LogP contribution < -0.4 is 19.5 Å². The van der Waals surface area contributed by atoms with Gasteiger partial charge in [0.25, 0.3) is 5.91 Å². The summed E-state index contributed by atoms with van der Waals surface area (Å²) in [5, 5.41) is 3.58. The van der Waals surface area contributed by atoms with Crippen molar-refractivity contribution in [1.82, 2.24) is 4.98 Å². The fraction of sp³-hybridized carbons (Fsp3) is 0.130. The van der Waals surface area contributed by atoms with E-state index in [2.05, 4.69) is 10.3 Å². The lowest BCUT2D eigenvalue weighted by Gasteiger charge is -2.09. The van der Waals surface area contributed by atoms with Crippen LogP contribution in [0.25, 0.3) is 22.6 Å². The molecule has 1 aromatic heterocycles. The first-order valence-electron chi connectivity index (χ1n) is 9.47. The number of fused-ring (bicyclic) bond motifs is 1. The molecular weight excluding hydrogens is 455 g/mol. The summed E-state index contributed by atoms with van der Waals surface area (Å²) < 4.78 is 21.9. The first kappa shape index (κ1) is 21.8. The fourth-order valence-corrected chi connectivity index (χ4v) is 3.49. The van der Waals surface area contributed by atoms with Crippen molar-refractivity contribution >= 4 is 45.9 Å². The van der Waals surface area contributed by atoms with Gasteiger partial charge in [0.15, 0.2) is 23.7 Å². The maximum atomic E-state index is 12.3. The number of amides is 1. The highest BCUT2D eigenvalue weighted by Crippen LogP contribution is 2.33. The molecule has 0 unspecified atom stereocenters. The second-order valence-corrected chi connectivity index (χ2v) is 7.53. The number of ether oxygens (including phenoxy) is 3. The van der Waals surface area contributed by atoms with Crippen LogP contribution in [0.4, 0.5) is 5.69 Å². The first-order chi connectivity index (χ1) is 15.5. The number of rotatable bonds is 7. The van der Waals surface area contributed by atoms with E-state index in [0.717, 1.165) is 5.56 Å². The van der Waals surface area contributed by atoms with E-state index in [1.165, 1.54) is 0 Å². The molecule has 0 saturated heterocycles. The Morgan fingerprint density at radius 3 is 2.50 bits per heavy atom. The number of nitrogens with zero attached hydrogens (tertiary/aromatic N) is 1. The number of hydrogen-bond donors (Lipinski definition) is 1. The SMILES string of the molecule is COc1ccc(-c2nc3cc(NC(=O)COc4ccc(Cl)cc4Cl)ccc3o2)cc1OC. The molecule has 0 atom stereocenters. The Bertz CT molecular complexity index is 1290. The number of hydrogen-bond acceptors (Lipinski definition) is 6. The molecule has 4 rings (SSSR count). The molecule has 1 heterocycles. The average molecular weight is 473 g/mol. The van der Waals surface area contributed by atoms with E-state index in [4.69, 9.17) is 41.8 Å². The number of nitrogens with one attached hydrogen (secondary N) is 1. The third-order valence-corrected chi connectivity index (χ3v) is 5.08. The van der Waals surface area contributed by atoms with Gasteiger partial charge < -0.3 is 23.9 Å². The highest BCUT2D eigenvalue weighted by Gasteiger charge is 2.13. The van der Waals surface area contributed by atoms with Gasteiger partial charge in [0, 0.05) is 16.3 Å². The third kappa shape index (κ3) is 4.74. The zero-order chi connectivity index (χ0) is 22.7. The topological polar surface area (TPSA) is 82.8 Å². The van der Waals surface area contributed by atoms with Crippen LogP contribution in [0.2, 0.25) is 10.0 Å². The predicted molar refractivity (Wildman–Crippen MR) is 123 cm³/mol. The van der Waals surface area contributed by atoms with Crippen molar-refractivity contribution in [1.29, 1.82) is 0 Å². The molecule has 0 bridgehead atoms. The quantitative estimate of drug-likeness (QED) is 0.363. The minimum absolute atomic E-state index is 0.213. The van der Waals surface area contributed by atoms with Gasteiger partial charge in [0.05, 0.1) is 19.2 Å². The largest absolute Gasteiger partial charge is 0.493 e. The lowest BCUT2D eigenvalue weighted by atomic mass is 10.2. The standard InChI is InChI=1S/C23H18Cl2N2O5/c1-29-20-6-3-13(9-21(20)30-2)23-27-17-11-15(5-8-19(17)32-23)26-22(28)12-31-18-7-4-14(24)10-16(18)25/h3-11H,12H2,1-2H3,(H,26,28). The molecule has 9 heteroatoms. The number of methoxy groups -OCH3 is 2. The van der Waals surface area contributed by atoms with E-state index in [-0.39, 0.29) is 12.5 Å². The van der Waals surface area contributed by atoms with Gasteiger partial charge in [-0.25, -0.2) is 4.98 Å². The molecule has 0 aliphatic heterocycles. The smallest absolute Gasteiger partial charge is 0.262 e. The maximum Gasteiger partial charge on any atom is 0.262 e. The van der Waals surface area contributed by atoms with Crippen molar-refractivity contribution in [3.8, 4) is 28.7 Å². The van der Waals surface area contributed by atoms with Crippen molar-refractivity contribution in [3.63, 3.8) is 0 Å². The second-order valence-electron chi connectivity index (χ2n) is 6.68. The van der Waals surface area contributed by atoms with Crippen LogP contribution in [0.5, 0.6) is 17.2 Å². The Labute approximate surface area is 193 Å². The lowest BCUT2D eigenvalue weighted by molar-refractivity contribution is -0.118. The second kappa shape index (κ2) is 9.38. The normalized spacial score (nSPS) is 10.8. The molecule has 1 N–H and O–H groups in total. The molecular formula is C23H18Cl2N2O5. The minimum atomic E-state index is -0.348. The van der Waals surface area contributed by atoms with E-state index < -0.39 is 0 Å². The molecule has 7 nitrogen and oxygen atoms in total. The molecule has 0 fully saturated rings. The van der Waals surface area contributed by atoms with Crippen LogP contribution in [0.1, 0.15) is 0 Å². The lowest BCUT2D eigenvalue weighted by Crippen LogP contribution is -2.20. The summed E-state index contributed by atoms with van der Waals surface area (Å²) >= 11 is 11.9. The Hall–Kier alpha value is -3.42. The molecule has 4 aromatic rings. The summed E-state index contributed by atoms with van der Waals surface area (Å²) in [7, 11) is 3.13. The van der Waals surface area contributed by atoms with E-state index in [1.807, 2.05) is 6.07 Å². The monoisotopic (exact) mass is 472 g/mol. The number of anilines is 1. The summed E-state index contributed by atoms with van der Waals surface area (Å²) in [5.41, 5.74) is 2.46. The van der Waals surface area contributed by atoms with Gasteiger partial charge in [0.2, 0.25) is 5.89 Å². The van der Waals surface area contributed by atoms with Crippen molar-refractivity contribution in [2.45, 2.75) is 0 Å². The Kier molecular flexibility index (Phi) is 6.39. The zero-order valence-corrected chi connectivity index (χ0v) is 18.7. The van der Waals surface area contributed by atoms with Crippen molar-refractivity contribution in [2.75, 3.05) is 26.1 Å². The highest BCUT2D eigenvalue weighted by molar-refractivity contribution is 6.35. The van der Waals surface area contributed by atoms with Gasteiger partial charge in [0.1, 0.15) is 11.3 Å². The van der Waals surface area contributed by atoms with Gasteiger partial charge in [-0.15, -0.1) is 0 Å². The average Bonchev–Trinajstić information content (AvgIpc) is 3.21. The van der Waals surface area contributed by atoms with Gasteiger partial charge in [-0.3, -0.25) is 4.79 Å². The highest BCUT2D eigenvalue weighted by atomic mass is 35.5. The van der Waals surface area contributed by atoms with Crippen LogP contribution in [-0.2, 0) is 4.79 Å². The molecule has 3 aromatic carbocycles. The van der Waals surface area contributed by atoms with Crippen molar-refractivity contribution < 1.29 is 23.4 Å². The number of carbonyl (C=O) groups excluding carboxylic acids is 1. The molecule has 0 aliphatic carbocycles. The third-order valence-electron chi connectivity index (χ3n) is 4.55. The molecule has 0 aliphatic rings. The summed E-state index contributed by atoms with van der Waals surface area (Å²) in [5.74, 6) is 1.63. The molecule has 0 spiro atoms. The Balaban J connectivity index is 1.47. The summed E-state index contributed by atoms with van der Waals surface area (Å²) in [6.07, 6.45) is 0. The van der Waals surface area contributed by atoms with Crippen LogP contribution in [0, 0.1) is 0 Å². The molecule has 32 heavy (non-hydrogen) atoms. The van der Waals surface area contributed by atoms with Crippen LogP contribution >= 0.6 is 23.2 Å². The molecule has 0 radical (unpaired) electrons. The molecule has 0 saturated carbocycles. The van der Waals surface area contributed by atoms with Crippen LogP contribution in [-0.4, -0.2) is 31.7 Å². The van der Waals surface area contributed by atoms with Crippen LogP contribution in [0.3, 0.4) is 0 Å². The first-order valence-corrected chi connectivity index (χ1v) is 10.2. The fourth-order valence-electron chi connectivity index (χ4n) is 3.03. The van der Waals surface area contributed by atoms with Gasteiger partial charge in [-0.1, -0.05) is 23.2 Å². The number of oxazole rings is 1. The van der Waals surface area contributed by atoms with Gasteiger partial charge >= 0.3 is 0 Å². The number of carbonyl (C=O) groups is 1. The Morgan fingerprint density at radius 1 is 0.969 bits per heavy atom. The number of halogens is 2. The minimum Gasteiger partial charge on any atom is -0.493 e. The maximum absolute atomic E-state index is 12.3. The van der Waals surface area contributed by atoms with Gasteiger partial charge in [-0.05, 0) is 54.6 Å². The van der Waals surface area contributed by atoms with E-state index in [9.17, 15) is 4.79 Å². The summed E-state index contributed by atoms with van der Waals surface area (Å²) in [4.78, 5) is 16.8. The Morgan fingerprint density at radius 2 is 1.75 bits per heavy atom.